The minimum absolute atomic E-state index is 0.0224. The molecule has 160 valence electrons. The summed E-state index contributed by atoms with van der Waals surface area (Å²) in [6, 6.07) is 23.4. The summed E-state index contributed by atoms with van der Waals surface area (Å²) < 4.78 is 25.6. The van der Waals surface area contributed by atoms with E-state index in [0.29, 0.717) is 0 Å². The van der Waals surface area contributed by atoms with Gasteiger partial charge < -0.3 is 5.32 Å². The third-order valence-corrected chi connectivity index (χ3v) is 6.57. The van der Waals surface area contributed by atoms with Crippen molar-refractivity contribution in [3.8, 4) is 11.1 Å². The average Bonchev–Trinajstić information content (AvgIpc) is 2.78. The standard InChI is InChI=1S/C24H24N2O4S/c1-26(2)31(29,30)23-13-7-12-21(16-23)24(28)25-17-22(27)15-18-8-6-11-20(14-18)19-9-4-3-5-10-19/h3-14,16H,15,17H2,1-2H3,(H,25,28). The van der Waals surface area contributed by atoms with Crippen molar-refractivity contribution in [1.29, 1.82) is 0 Å². The molecule has 7 heteroatoms. The second-order valence-electron chi connectivity index (χ2n) is 7.28. The average molecular weight is 437 g/mol. The van der Waals surface area contributed by atoms with Crippen LogP contribution < -0.4 is 5.32 Å². The first-order valence-corrected chi connectivity index (χ1v) is 11.2. The number of nitrogens with zero attached hydrogens (tertiary/aromatic N) is 1. The molecule has 0 radical (unpaired) electrons. The molecule has 1 amide bonds. The van der Waals surface area contributed by atoms with Gasteiger partial charge in [-0.15, -0.1) is 0 Å². The zero-order chi connectivity index (χ0) is 22.4. The number of carbonyl (C=O) groups is 2. The van der Waals surface area contributed by atoms with Gasteiger partial charge in [-0.25, -0.2) is 12.7 Å². The maximum Gasteiger partial charge on any atom is 0.251 e. The van der Waals surface area contributed by atoms with Gasteiger partial charge in [0.15, 0.2) is 5.78 Å². The topological polar surface area (TPSA) is 83.6 Å². The van der Waals surface area contributed by atoms with E-state index in [9.17, 15) is 18.0 Å². The molecule has 6 nitrogen and oxygen atoms in total. The molecule has 3 aromatic rings. The molecule has 0 saturated heterocycles. The predicted octanol–water partition coefficient (Wildman–Crippen LogP) is 3.15. The molecule has 0 saturated carbocycles. The van der Waals surface area contributed by atoms with E-state index in [-0.39, 0.29) is 29.2 Å². The fourth-order valence-corrected chi connectivity index (χ4v) is 4.02. The number of benzene rings is 3. The number of Topliss-reactive ketones (excluding diaryl/α,β-unsaturated/α-hetero) is 1. The Kier molecular flexibility index (Phi) is 6.99. The molecule has 0 aliphatic carbocycles. The molecule has 0 atom stereocenters. The van der Waals surface area contributed by atoms with Crippen LogP contribution in [-0.2, 0) is 21.2 Å². The Balaban J connectivity index is 1.62. The van der Waals surface area contributed by atoms with Crippen LogP contribution in [0, 0.1) is 0 Å². The van der Waals surface area contributed by atoms with Gasteiger partial charge in [0.1, 0.15) is 0 Å². The van der Waals surface area contributed by atoms with Crippen molar-refractivity contribution in [3.63, 3.8) is 0 Å². The summed E-state index contributed by atoms with van der Waals surface area (Å²) in [6.45, 7) is -0.140. The van der Waals surface area contributed by atoms with E-state index in [1.54, 1.807) is 0 Å². The minimum atomic E-state index is -3.65. The summed E-state index contributed by atoms with van der Waals surface area (Å²) in [5.74, 6) is -0.641. The molecule has 0 unspecified atom stereocenters. The Hall–Kier alpha value is -3.29. The maximum atomic E-state index is 12.4. The Bertz CT molecular complexity index is 1190. The first kappa shape index (κ1) is 22.4. The van der Waals surface area contributed by atoms with Gasteiger partial charge in [0, 0.05) is 26.1 Å². The summed E-state index contributed by atoms with van der Waals surface area (Å²) in [4.78, 5) is 24.8. The molecular weight excluding hydrogens is 412 g/mol. The van der Waals surface area contributed by atoms with Crippen molar-refractivity contribution >= 4 is 21.7 Å². The lowest BCUT2D eigenvalue weighted by Crippen LogP contribution is -2.30. The minimum Gasteiger partial charge on any atom is -0.345 e. The van der Waals surface area contributed by atoms with Crippen molar-refractivity contribution in [2.24, 2.45) is 0 Å². The Labute approximate surface area is 182 Å². The summed E-state index contributed by atoms with van der Waals surface area (Å²) in [5.41, 5.74) is 3.13. The van der Waals surface area contributed by atoms with E-state index in [1.165, 1.54) is 38.4 Å². The summed E-state index contributed by atoms with van der Waals surface area (Å²) in [7, 11) is -0.797. The molecule has 3 aromatic carbocycles. The fourth-order valence-electron chi connectivity index (χ4n) is 3.07. The monoisotopic (exact) mass is 436 g/mol. The number of sulfonamides is 1. The lowest BCUT2D eigenvalue weighted by molar-refractivity contribution is -0.117. The van der Waals surface area contributed by atoms with E-state index in [2.05, 4.69) is 5.32 Å². The molecule has 0 bridgehead atoms. The van der Waals surface area contributed by atoms with Gasteiger partial charge in [0.25, 0.3) is 5.91 Å². The Morgan fingerprint density at radius 1 is 0.839 bits per heavy atom. The second-order valence-corrected chi connectivity index (χ2v) is 9.43. The zero-order valence-corrected chi connectivity index (χ0v) is 18.2. The van der Waals surface area contributed by atoms with E-state index >= 15 is 0 Å². The summed E-state index contributed by atoms with van der Waals surface area (Å²) in [5, 5.41) is 2.58. The second kappa shape index (κ2) is 9.68. The molecule has 0 aliphatic heterocycles. The fraction of sp³-hybridized carbons (Fsp3) is 0.167. The highest BCUT2D eigenvalue weighted by molar-refractivity contribution is 7.89. The molecule has 1 N–H and O–H groups in total. The van der Waals surface area contributed by atoms with Gasteiger partial charge in [0.05, 0.1) is 11.4 Å². The Morgan fingerprint density at radius 2 is 1.52 bits per heavy atom. The smallest absolute Gasteiger partial charge is 0.251 e. The molecule has 0 heterocycles. The van der Waals surface area contributed by atoms with Crippen molar-refractivity contribution in [1.82, 2.24) is 9.62 Å². The number of hydrogen-bond donors (Lipinski definition) is 1. The van der Waals surface area contributed by atoms with Crippen LogP contribution in [0.2, 0.25) is 0 Å². The number of ketones is 1. The highest BCUT2D eigenvalue weighted by Crippen LogP contribution is 2.20. The van der Waals surface area contributed by atoms with Crippen LogP contribution in [0.25, 0.3) is 11.1 Å². The lowest BCUT2D eigenvalue weighted by atomic mass is 10.0. The van der Waals surface area contributed by atoms with E-state index in [1.807, 2.05) is 54.6 Å². The highest BCUT2D eigenvalue weighted by atomic mass is 32.2. The number of carbonyl (C=O) groups excluding carboxylic acids is 2. The number of nitrogens with one attached hydrogen (secondary N) is 1. The van der Waals surface area contributed by atoms with Crippen LogP contribution in [0.3, 0.4) is 0 Å². The van der Waals surface area contributed by atoms with Crippen LogP contribution in [0.1, 0.15) is 15.9 Å². The Morgan fingerprint density at radius 3 is 2.23 bits per heavy atom. The van der Waals surface area contributed by atoms with Crippen molar-refractivity contribution in [2.45, 2.75) is 11.3 Å². The van der Waals surface area contributed by atoms with E-state index in [0.717, 1.165) is 21.0 Å². The highest BCUT2D eigenvalue weighted by Gasteiger charge is 2.19. The van der Waals surface area contributed by atoms with Crippen molar-refractivity contribution in [2.75, 3.05) is 20.6 Å². The van der Waals surface area contributed by atoms with Gasteiger partial charge in [-0.3, -0.25) is 9.59 Å². The van der Waals surface area contributed by atoms with Gasteiger partial charge in [-0.05, 0) is 34.9 Å². The largest absolute Gasteiger partial charge is 0.345 e. The molecule has 0 fully saturated rings. The van der Waals surface area contributed by atoms with Gasteiger partial charge >= 0.3 is 0 Å². The van der Waals surface area contributed by atoms with Crippen LogP contribution >= 0.6 is 0 Å². The van der Waals surface area contributed by atoms with Crippen molar-refractivity contribution < 1.29 is 18.0 Å². The third kappa shape index (κ3) is 5.65. The van der Waals surface area contributed by atoms with Gasteiger partial charge in [-0.2, -0.15) is 0 Å². The molecule has 3 rings (SSSR count). The van der Waals surface area contributed by atoms with E-state index < -0.39 is 15.9 Å². The van der Waals surface area contributed by atoms with Crippen LogP contribution in [-0.4, -0.2) is 45.1 Å². The number of amides is 1. The zero-order valence-electron chi connectivity index (χ0n) is 17.4. The van der Waals surface area contributed by atoms with Gasteiger partial charge in [0.2, 0.25) is 10.0 Å². The summed E-state index contributed by atoms with van der Waals surface area (Å²) in [6.07, 6.45) is 0.190. The normalized spacial score (nSPS) is 11.3. The number of rotatable bonds is 8. The van der Waals surface area contributed by atoms with Crippen molar-refractivity contribution in [3.05, 3.63) is 90.0 Å². The molecule has 0 aromatic heterocycles. The lowest BCUT2D eigenvalue weighted by Gasteiger charge is -2.12. The van der Waals surface area contributed by atoms with Crippen LogP contribution in [0.15, 0.2) is 83.8 Å². The predicted molar refractivity (Wildman–Crippen MR) is 120 cm³/mol. The maximum absolute atomic E-state index is 12.4. The molecule has 0 spiro atoms. The summed E-state index contributed by atoms with van der Waals surface area (Å²) >= 11 is 0. The SMILES string of the molecule is CN(C)S(=O)(=O)c1cccc(C(=O)NCC(=O)Cc2cccc(-c3ccccc3)c2)c1. The van der Waals surface area contributed by atoms with Crippen LogP contribution in [0.5, 0.6) is 0 Å². The van der Waals surface area contributed by atoms with E-state index in [4.69, 9.17) is 0 Å². The molecule has 0 aliphatic rings. The quantitative estimate of drug-likeness (QED) is 0.588. The first-order chi connectivity index (χ1) is 14.8. The first-order valence-electron chi connectivity index (χ1n) is 9.74. The van der Waals surface area contributed by atoms with Gasteiger partial charge in [-0.1, -0.05) is 60.7 Å². The number of hydrogen-bond acceptors (Lipinski definition) is 4. The third-order valence-electron chi connectivity index (χ3n) is 4.76. The molecule has 31 heavy (non-hydrogen) atoms. The molecular formula is C24H24N2O4S. The van der Waals surface area contributed by atoms with Crippen LogP contribution in [0.4, 0.5) is 0 Å².